The number of carbonyl (C=O) groups is 1. The van der Waals surface area contributed by atoms with Crippen molar-refractivity contribution in [3.05, 3.63) is 11.6 Å². The summed E-state index contributed by atoms with van der Waals surface area (Å²) in [5, 5.41) is 1.03. The molecule has 0 amide bonds. The largest absolute Gasteiger partial charge is 0.462 e. The van der Waals surface area contributed by atoms with E-state index < -0.39 is 0 Å². The number of esters is 1. The van der Waals surface area contributed by atoms with E-state index in [2.05, 4.69) is 56.6 Å². The van der Waals surface area contributed by atoms with E-state index in [0.29, 0.717) is 17.3 Å². The van der Waals surface area contributed by atoms with Gasteiger partial charge in [-0.25, -0.2) is 0 Å². The zero-order valence-corrected chi connectivity index (χ0v) is 25.7. The van der Waals surface area contributed by atoms with Gasteiger partial charge in [0.1, 0.15) is 6.10 Å². The highest BCUT2D eigenvalue weighted by atomic mass is 79.9. The minimum absolute atomic E-state index is 0.0282. The molecular formula is C33H55BrO2. The first-order valence-corrected chi connectivity index (χ1v) is 16.8. The molecule has 0 aromatic carbocycles. The van der Waals surface area contributed by atoms with Crippen LogP contribution in [0.4, 0.5) is 0 Å². The Morgan fingerprint density at radius 2 is 1.81 bits per heavy atom. The third-order valence-electron chi connectivity index (χ3n) is 11.6. The maximum absolute atomic E-state index is 12.4. The van der Waals surface area contributed by atoms with E-state index in [-0.39, 0.29) is 12.1 Å². The fourth-order valence-corrected chi connectivity index (χ4v) is 9.93. The van der Waals surface area contributed by atoms with Crippen molar-refractivity contribution < 1.29 is 9.53 Å². The molecule has 3 saturated carbocycles. The Balaban J connectivity index is 1.36. The molecule has 0 aliphatic heterocycles. The number of alkyl halides is 1. The maximum atomic E-state index is 12.4. The fourth-order valence-electron chi connectivity index (χ4n) is 9.54. The number of unbranched alkanes of at least 4 members (excludes halogenated alkanes) is 2. The fraction of sp³-hybridized carbons (Fsp3) is 0.909. The van der Waals surface area contributed by atoms with Crippen molar-refractivity contribution in [1.82, 2.24) is 0 Å². The van der Waals surface area contributed by atoms with Gasteiger partial charge in [0.05, 0.1) is 0 Å². The van der Waals surface area contributed by atoms with Gasteiger partial charge in [-0.3, -0.25) is 4.79 Å². The molecule has 0 saturated heterocycles. The standard InChI is InChI=1S/C33H55BrO2/c1-23(2)10-9-11-24(3)28-15-16-29-27-14-13-25-22-26(36-31(35)12-7-6-8-21-34)17-19-32(25,4)30(27)18-20-33(28,29)5/h13,23-24,26-30H,6-12,14-22H2,1-5H3/t24-,26+,27?,28?,29?,30?,32+,33?/m1/s1. The summed E-state index contributed by atoms with van der Waals surface area (Å²) in [6, 6.07) is 0. The maximum Gasteiger partial charge on any atom is 0.306 e. The van der Waals surface area contributed by atoms with Crippen LogP contribution in [0.15, 0.2) is 11.6 Å². The number of hydrogen-bond donors (Lipinski definition) is 0. The monoisotopic (exact) mass is 562 g/mol. The minimum Gasteiger partial charge on any atom is -0.462 e. The molecular weight excluding hydrogens is 508 g/mol. The highest BCUT2D eigenvalue weighted by Crippen LogP contribution is 2.67. The van der Waals surface area contributed by atoms with E-state index in [1.807, 2.05) is 0 Å². The van der Waals surface area contributed by atoms with Crippen LogP contribution in [0.2, 0.25) is 0 Å². The van der Waals surface area contributed by atoms with Crippen LogP contribution >= 0.6 is 15.9 Å². The average molecular weight is 564 g/mol. The van der Waals surface area contributed by atoms with Gasteiger partial charge in [-0.15, -0.1) is 0 Å². The van der Waals surface area contributed by atoms with Crippen molar-refractivity contribution >= 4 is 21.9 Å². The highest BCUT2D eigenvalue weighted by molar-refractivity contribution is 9.09. The van der Waals surface area contributed by atoms with Crippen LogP contribution < -0.4 is 0 Å². The van der Waals surface area contributed by atoms with Gasteiger partial charge in [-0.2, -0.15) is 0 Å². The topological polar surface area (TPSA) is 26.3 Å². The lowest BCUT2D eigenvalue weighted by Gasteiger charge is -2.58. The molecule has 4 aliphatic carbocycles. The third kappa shape index (κ3) is 5.96. The molecule has 2 nitrogen and oxygen atoms in total. The summed E-state index contributed by atoms with van der Waals surface area (Å²) < 4.78 is 5.98. The van der Waals surface area contributed by atoms with Crippen LogP contribution in [-0.2, 0) is 9.53 Å². The zero-order valence-electron chi connectivity index (χ0n) is 24.1. The molecule has 3 fully saturated rings. The molecule has 206 valence electrons. The van der Waals surface area contributed by atoms with Gasteiger partial charge in [0.15, 0.2) is 0 Å². The Hall–Kier alpha value is -0.310. The number of allylic oxidation sites excluding steroid dienone is 1. The van der Waals surface area contributed by atoms with E-state index in [0.717, 1.165) is 72.9 Å². The van der Waals surface area contributed by atoms with Gasteiger partial charge >= 0.3 is 5.97 Å². The molecule has 36 heavy (non-hydrogen) atoms. The van der Waals surface area contributed by atoms with Gasteiger partial charge in [0, 0.05) is 18.2 Å². The first-order valence-electron chi connectivity index (χ1n) is 15.6. The molecule has 4 rings (SSSR count). The van der Waals surface area contributed by atoms with Crippen molar-refractivity contribution in [1.29, 1.82) is 0 Å². The number of hydrogen-bond acceptors (Lipinski definition) is 2. The number of fused-ring (bicyclic) bond motifs is 5. The molecule has 8 atom stereocenters. The summed E-state index contributed by atoms with van der Waals surface area (Å²) in [6.07, 6.45) is 21.1. The van der Waals surface area contributed by atoms with Crippen molar-refractivity contribution in [2.24, 2.45) is 46.3 Å². The summed E-state index contributed by atoms with van der Waals surface area (Å²) in [5.41, 5.74) is 2.53. The van der Waals surface area contributed by atoms with E-state index in [1.165, 1.54) is 57.8 Å². The molecule has 3 heteroatoms. The summed E-state index contributed by atoms with van der Waals surface area (Å²) in [6.45, 7) is 12.6. The third-order valence-corrected chi connectivity index (χ3v) is 12.1. The smallest absolute Gasteiger partial charge is 0.306 e. The summed E-state index contributed by atoms with van der Waals surface area (Å²) in [5.74, 6) is 5.30. The van der Waals surface area contributed by atoms with Crippen LogP contribution in [0.25, 0.3) is 0 Å². The minimum atomic E-state index is 0.0282. The molecule has 0 N–H and O–H groups in total. The number of rotatable bonds is 11. The van der Waals surface area contributed by atoms with Gasteiger partial charge in [-0.05, 0) is 104 Å². The molecule has 5 unspecified atom stereocenters. The van der Waals surface area contributed by atoms with Crippen molar-refractivity contribution in [3.63, 3.8) is 0 Å². The Kier molecular flexibility index (Phi) is 9.76. The van der Waals surface area contributed by atoms with Crippen molar-refractivity contribution in [3.8, 4) is 0 Å². The second-order valence-corrected chi connectivity index (χ2v) is 14.9. The molecule has 0 aromatic heterocycles. The first kappa shape index (κ1) is 28.7. The average Bonchev–Trinajstić information content (AvgIpc) is 3.19. The summed E-state index contributed by atoms with van der Waals surface area (Å²) in [7, 11) is 0. The lowest BCUT2D eigenvalue weighted by Crippen LogP contribution is -2.51. The Morgan fingerprint density at radius 1 is 1.00 bits per heavy atom. The number of ether oxygens (including phenoxy) is 1. The Morgan fingerprint density at radius 3 is 2.56 bits per heavy atom. The lowest BCUT2D eigenvalue weighted by atomic mass is 9.47. The van der Waals surface area contributed by atoms with Gasteiger partial charge in [-0.1, -0.05) is 87.9 Å². The predicted molar refractivity (Wildman–Crippen MR) is 155 cm³/mol. The normalized spacial score (nSPS) is 38.6. The quantitative estimate of drug-likeness (QED) is 0.108. The van der Waals surface area contributed by atoms with Crippen molar-refractivity contribution in [2.75, 3.05) is 5.33 Å². The van der Waals surface area contributed by atoms with Crippen LogP contribution in [0.5, 0.6) is 0 Å². The van der Waals surface area contributed by atoms with Crippen molar-refractivity contribution in [2.45, 2.75) is 137 Å². The van der Waals surface area contributed by atoms with Crippen LogP contribution in [-0.4, -0.2) is 17.4 Å². The lowest BCUT2D eigenvalue weighted by molar-refractivity contribution is -0.151. The summed E-state index contributed by atoms with van der Waals surface area (Å²) >= 11 is 3.48. The molecule has 0 bridgehead atoms. The Bertz CT molecular complexity index is 774. The molecule has 0 radical (unpaired) electrons. The predicted octanol–water partition coefficient (Wildman–Crippen LogP) is 9.89. The van der Waals surface area contributed by atoms with Gasteiger partial charge in [0.2, 0.25) is 0 Å². The molecule has 4 aliphatic rings. The zero-order chi connectivity index (χ0) is 25.9. The molecule has 0 heterocycles. The second-order valence-electron chi connectivity index (χ2n) is 14.1. The van der Waals surface area contributed by atoms with Crippen LogP contribution in [0.1, 0.15) is 131 Å². The van der Waals surface area contributed by atoms with E-state index in [1.54, 1.807) is 5.57 Å². The number of halogens is 1. The highest BCUT2D eigenvalue weighted by Gasteiger charge is 2.59. The van der Waals surface area contributed by atoms with Gasteiger partial charge < -0.3 is 4.74 Å². The van der Waals surface area contributed by atoms with E-state index >= 15 is 0 Å². The molecule has 0 aromatic rings. The first-order chi connectivity index (χ1) is 17.2. The Labute approximate surface area is 231 Å². The van der Waals surface area contributed by atoms with Crippen LogP contribution in [0, 0.1) is 46.3 Å². The second kappa shape index (κ2) is 12.3. The summed E-state index contributed by atoms with van der Waals surface area (Å²) in [4.78, 5) is 12.4. The van der Waals surface area contributed by atoms with E-state index in [9.17, 15) is 4.79 Å². The molecule has 0 spiro atoms. The van der Waals surface area contributed by atoms with E-state index in [4.69, 9.17) is 4.74 Å². The van der Waals surface area contributed by atoms with Crippen LogP contribution in [0.3, 0.4) is 0 Å². The SMILES string of the molecule is CC(C)CCC[C@@H](C)C1CCC2C3CC=C4C[C@@H](OC(=O)CCCCCBr)CC[C@]4(C)C3CCC21C. The van der Waals surface area contributed by atoms with Gasteiger partial charge in [0.25, 0.3) is 0 Å². The number of carbonyl (C=O) groups excluding carboxylic acids is 1.